The van der Waals surface area contributed by atoms with Crippen molar-refractivity contribution in [1.29, 1.82) is 5.26 Å². The summed E-state index contributed by atoms with van der Waals surface area (Å²) in [6.07, 6.45) is 12.9. The average molecular weight is 1570 g/mol. The van der Waals surface area contributed by atoms with E-state index in [1.165, 1.54) is 22.7 Å². The number of nitrogens with one attached hydrogen (secondary N) is 1. The number of thiazole rings is 2. The second-order valence-corrected chi connectivity index (χ2v) is 37.1. The molecule has 0 saturated carbocycles. The van der Waals surface area contributed by atoms with Gasteiger partial charge in [0.1, 0.15) is 28.1 Å². The molecule has 0 amide bonds. The molecule has 22 nitrogen and oxygen atoms in total. The fraction of sp³-hybridized carbons (Fsp3) is 0.551. The van der Waals surface area contributed by atoms with Crippen molar-refractivity contribution in [2.24, 2.45) is 10.2 Å². The first-order chi connectivity index (χ1) is 50.5. The van der Waals surface area contributed by atoms with Crippen LogP contribution >= 0.6 is 34.7 Å². The second kappa shape index (κ2) is 38.3. The Hall–Kier alpha value is -6.33. The third kappa shape index (κ3) is 19.8. The van der Waals surface area contributed by atoms with Crippen LogP contribution in [0.4, 0.5) is 34.5 Å². The highest BCUT2D eigenvalue weighted by Crippen LogP contribution is 2.49. The molecule has 8 aromatic rings. The maximum atomic E-state index is 15.9. The molecule has 0 aliphatic carbocycles. The minimum absolute atomic E-state index is 0.0782. The molecular weight excluding hydrogens is 1450 g/mol. The predicted octanol–water partition coefficient (Wildman–Crippen LogP) is 20.6. The number of aryl methyl sites for hydroxylation is 5. The summed E-state index contributed by atoms with van der Waals surface area (Å²) in [5, 5.41) is 32.6. The zero-order valence-electron chi connectivity index (χ0n) is 65.7. The van der Waals surface area contributed by atoms with Crippen LogP contribution in [0.5, 0.6) is 0 Å². The Bertz CT molecular complexity index is 4740. The first-order valence-electron chi connectivity index (χ1n) is 37.8. The van der Waals surface area contributed by atoms with E-state index in [0.717, 1.165) is 104 Å². The van der Waals surface area contributed by atoms with Gasteiger partial charge in [-0.25, -0.2) is 40.2 Å². The molecule has 0 spiro atoms. The van der Waals surface area contributed by atoms with E-state index in [-0.39, 0.29) is 37.6 Å². The molecule has 1 N–H and O–H groups in total. The molecule has 0 aliphatic heterocycles. The summed E-state index contributed by atoms with van der Waals surface area (Å²) in [7, 11) is -10.5. The molecule has 28 heteroatoms. The van der Waals surface area contributed by atoms with Crippen molar-refractivity contribution in [2.75, 3.05) is 69.6 Å². The maximum absolute atomic E-state index is 15.9. The lowest BCUT2D eigenvalue weighted by Crippen LogP contribution is -2.34. The van der Waals surface area contributed by atoms with E-state index in [1.807, 2.05) is 150 Å². The Labute approximate surface area is 644 Å². The van der Waals surface area contributed by atoms with Gasteiger partial charge in [-0.05, 0) is 169 Å². The van der Waals surface area contributed by atoms with Gasteiger partial charge in [0, 0.05) is 75.4 Å². The van der Waals surface area contributed by atoms with E-state index in [9.17, 15) is 13.7 Å². The third-order valence-electron chi connectivity index (χ3n) is 18.8. The lowest BCUT2D eigenvalue weighted by molar-refractivity contribution is -0.360. The molecule has 4 aromatic carbocycles. The number of sulfonamides is 3. The van der Waals surface area contributed by atoms with Crippen LogP contribution in [0.3, 0.4) is 0 Å². The molecule has 578 valence electrons. The topological polar surface area (TPSA) is 254 Å². The zero-order valence-corrected chi connectivity index (χ0v) is 70.6. The number of pyridine rings is 1. The van der Waals surface area contributed by atoms with Gasteiger partial charge in [-0.3, -0.25) is 0 Å². The van der Waals surface area contributed by atoms with Gasteiger partial charge in [-0.2, -0.15) is 33.0 Å². The van der Waals surface area contributed by atoms with Crippen molar-refractivity contribution < 1.29 is 34.6 Å². The highest BCUT2D eigenvalue weighted by atomic mass is 32.2. The van der Waals surface area contributed by atoms with E-state index in [1.54, 1.807) is 42.7 Å². The molecule has 0 atom stereocenters. The molecular formula is C78H112N14O8S6. The molecule has 0 aliphatic rings. The summed E-state index contributed by atoms with van der Waals surface area (Å²) in [6.45, 7) is 37.2. The number of aromatic nitrogens is 5. The quantitative estimate of drug-likeness (QED) is 0.0161. The molecule has 0 unspecified atom stereocenters. The van der Waals surface area contributed by atoms with E-state index in [2.05, 4.69) is 25.2 Å². The number of anilines is 4. The number of rotatable bonds is 42. The molecule has 106 heavy (non-hydrogen) atoms. The number of hydrogen-bond donors (Lipinski definition) is 1. The highest BCUT2D eigenvalue weighted by Gasteiger charge is 2.37. The zero-order chi connectivity index (χ0) is 77.4. The first kappa shape index (κ1) is 85.3. The summed E-state index contributed by atoms with van der Waals surface area (Å²) in [5.41, 5.74) is 6.25. The van der Waals surface area contributed by atoms with Crippen molar-refractivity contribution in [2.45, 2.75) is 245 Å². The van der Waals surface area contributed by atoms with Crippen LogP contribution in [-0.4, -0.2) is 127 Å². The minimum Gasteiger partial charge on any atom is -0.338 e. The van der Waals surface area contributed by atoms with Crippen molar-refractivity contribution in [3.8, 4) is 21.8 Å². The van der Waals surface area contributed by atoms with Gasteiger partial charge in [-0.15, -0.1) is 30.9 Å². The van der Waals surface area contributed by atoms with Crippen LogP contribution < -0.4 is 10.2 Å². The summed E-state index contributed by atoms with van der Waals surface area (Å²) in [6, 6.07) is 18.7. The molecule has 0 fully saturated rings. The molecule has 4 heterocycles. The third-order valence-corrected chi connectivity index (χ3v) is 27.6. The predicted molar refractivity (Wildman–Crippen MR) is 435 cm³/mol. The number of hydroxylamine groups is 2. The fourth-order valence-electron chi connectivity index (χ4n) is 12.9. The van der Waals surface area contributed by atoms with Crippen LogP contribution in [0.1, 0.15) is 224 Å². The van der Waals surface area contributed by atoms with E-state index >= 15 is 16.8 Å². The van der Waals surface area contributed by atoms with E-state index < -0.39 is 35.5 Å². The standard InChI is InChI=1S/C78H112N14O8S6/c1-19-27-39-88(40-28-20-2)99-100-103-59-35-37-63-64(50-59)102-77(81-63)92-75(61(52-79)73(86-92)78(15,16)17)85-84-69-54(10)49-66(82-74(69)83-68-53(9)47-56(12)71(58(68)14)105(95,96)90(43-31-23-5)44-32-24-6)87(18)70-55(11)48-57(13)72(106(97,98)91(45-33-25-7)46-34-26-8)67(70)76-80-62-38-36-60(51-65(62)101-76)104(93,94)89(41-29-21-3)42-30-22-4/h35-38,47-51H,19-34,39-46H2,1-18H3,(H,82,83). The van der Waals surface area contributed by atoms with Gasteiger partial charge in [0.25, 0.3) is 0 Å². The highest BCUT2D eigenvalue weighted by molar-refractivity contribution is 7.94. The Morgan fingerprint density at radius 3 is 1.62 bits per heavy atom. The van der Waals surface area contributed by atoms with Gasteiger partial charge in [-0.1, -0.05) is 151 Å². The monoisotopic (exact) mass is 1560 g/mol. The lowest BCUT2D eigenvalue weighted by Gasteiger charge is -2.29. The number of unbranched alkanes of at least 4 members (excludes halogenated alkanes) is 8. The maximum Gasteiger partial charge on any atom is 0.244 e. The number of azo groups is 1. The first-order valence-corrected chi connectivity index (χ1v) is 44.5. The molecule has 8 rings (SSSR count). The van der Waals surface area contributed by atoms with E-state index in [4.69, 9.17) is 39.6 Å². The summed E-state index contributed by atoms with van der Waals surface area (Å²) in [4.78, 5) is 24.6. The average Bonchev–Trinajstić information content (AvgIpc) is 1.58. The van der Waals surface area contributed by atoms with Crippen LogP contribution in [-0.2, 0) is 44.8 Å². The minimum atomic E-state index is -4.30. The van der Waals surface area contributed by atoms with Crippen LogP contribution in [0, 0.1) is 52.9 Å². The summed E-state index contributed by atoms with van der Waals surface area (Å²) in [5.74, 6) is 0.620. The van der Waals surface area contributed by atoms with Crippen molar-refractivity contribution in [1.82, 2.24) is 42.7 Å². The molecule has 0 saturated heterocycles. The second-order valence-electron chi connectivity index (χ2n) is 28.6. The van der Waals surface area contributed by atoms with Gasteiger partial charge in [0.2, 0.25) is 35.2 Å². The van der Waals surface area contributed by atoms with Gasteiger partial charge >= 0.3 is 0 Å². The van der Waals surface area contributed by atoms with Crippen molar-refractivity contribution >= 4 is 120 Å². The smallest absolute Gasteiger partial charge is 0.244 e. The summed E-state index contributed by atoms with van der Waals surface area (Å²) >= 11 is 3.70. The number of fused-ring (bicyclic) bond motifs is 2. The molecule has 0 bridgehead atoms. The Morgan fingerprint density at radius 2 is 1.08 bits per heavy atom. The largest absolute Gasteiger partial charge is 0.338 e. The van der Waals surface area contributed by atoms with Crippen LogP contribution in [0.25, 0.3) is 36.1 Å². The van der Waals surface area contributed by atoms with Crippen molar-refractivity contribution in [3.05, 3.63) is 99.2 Å². The van der Waals surface area contributed by atoms with Gasteiger partial charge in [0.05, 0.1) is 64.1 Å². The lowest BCUT2D eigenvalue weighted by atomic mass is 9.90. The molecule has 0 radical (unpaired) electrons. The van der Waals surface area contributed by atoms with Crippen LogP contribution in [0.2, 0.25) is 0 Å². The molecule has 4 aromatic heterocycles. The number of nitriles is 1. The Morgan fingerprint density at radius 1 is 0.575 bits per heavy atom. The Balaban J connectivity index is 1.37. The van der Waals surface area contributed by atoms with Gasteiger partial charge < -0.3 is 10.2 Å². The van der Waals surface area contributed by atoms with Crippen LogP contribution in [0.15, 0.2) is 84.4 Å². The van der Waals surface area contributed by atoms with Crippen molar-refractivity contribution in [3.63, 3.8) is 0 Å². The SMILES string of the molecule is CCCCN(CCCC)OOSc1ccc2nc(-n3nc(C(C)(C)C)c(C#N)c3N=Nc3c(C)cc(N(C)c4c(C)cc(C)c(S(=O)(=O)N(CCCC)CCCC)c4-c4nc5ccc(S(=O)(=O)N(CCCC)CCCC)cc5s4)nc3Nc3c(C)cc(C)c(S(=O)(=O)N(CCCC)CCCC)c3C)sc2c1. The van der Waals surface area contributed by atoms with E-state index in [0.29, 0.717) is 160 Å². The Kier molecular flexibility index (Phi) is 30.9. The normalized spacial score (nSPS) is 12.7. The van der Waals surface area contributed by atoms with Gasteiger partial charge in [0.15, 0.2) is 11.6 Å². The fourth-order valence-corrected chi connectivity index (χ4v) is 21.1. The number of hydrogen-bond acceptors (Lipinski definition) is 21. The summed E-state index contributed by atoms with van der Waals surface area (Å²) < 4.78 is 105. The number of benzene rings is 4. The number of nitrogens with zero attached hydrogens (tertiary/aromatic N) is 13.